The van der Waals surface area contributed by atoms with Crippen LogP contribution in [0.5, 0.6) is 0 Å². The third kappa shape index (κ3) is 1.57. The largest absolute Gasteiger partial charge is 0.476 e. The fraction of sp³-hybridized carbons (Fsp3) is 0.0769. The van der Waals surface area contributed by atoms with Crippen molar-refractivity contribution in [2.75, 3.05) is 0 Å². The van der Waals surface area contributed by atoms with Crippen molar-refractivity contribution in [2.24, 2.45) is 7.05 Å². The lowest BCUT2D eigenvalue weighted by atomic mass is 10.1. The molecule has 0 radical (unpaired) electrons. The number of carboxylic acids is 1. The van der Waals surface area contributed by atoms with Gasteiger partial charge in [0.1, 0.15) is 0 Å². The second-order valence-electron chi connectivity index (χ2n) is 4.08. The van der Waals surface area contributed by atoms with Crippen LogP contribution in [0.1, 0.15) is 10.5 Å². The second kappa shape index (κ2) is 3.73. The van der Waals surface area contributed by atoms with Crippen molar-refractivity contribution in [1.82, 2.24) is 9.72 Å². The maximum Gasteiger partial charge on any atom is 0.358 e. The number of aromatic nitrogens is 2. The van der Waals surface area contributed by atoms with Crippen molar-refractivity contribution in [3.05, 3.63) is 42.2 Å². The van der Waals surface area contributed by atoms with Crippen LogP contribution in [0.4, 0.5) is 0 Å². The Morgan fingerprint density at radius 2 is 2.17 bits per heavy atom. The molecule has 0 unspecified atom stereocenters. The second-order valence-corrected chi connectivity index (χ2v) is 4.08. The van der Waals surface area contributed by atoms with Gasteiger partial charge in [-0.1, -0.05) is 5.16 Å². The van der Waals surface area contributed by atoms with Crippen LogP contribution in [-0.4, -0.2) is 20.8 Å². The molecule has 0 spiro atoms. The molecule has 5 heteroatoms. The van der Waals surface area contributed by atoms with Crippen molar-refractivity contribution in [3.63, 3.8) is 0 Å². The molecular weight excluding hydrogens is 232 g/mol. The molecule has 0 fully saturated rings. The molecule has 90 valence electrons. The summed E-state index contributed by atoms with van der Waals surface area (Å²) < 4.78 is 7.05. The van der Waals surface area contributed by atoms with E-state index in [-0.39, 0.29) is 5.69 Å². The first-order chi connectivity index (χ1) is 8.65. The third-order valence-corrected chi connectivity index (χ3v) is 2.90. The van der Waals surface area contributed by atoms with Crippen LogP contribution >= 0.6 is 0 Å². The van der Waals surface area contributed by atoms with Crippen LogP contribution in [0.15, 0.2) is 41.1 Å². The van der Waals surface area contributed by atoms with E-state index < -0.39 is 5.97 Å². The van der Waals surface area contributed by atoms with E-state index in [0.717, 1.165) is 16.5 Å². The quantitative estimate of drug-likeness (QED) is 0.749. The number of fused-ring (bicyclic) bond motifs is 1. The summed E-state index contributed by atoms with van der Waals surface area (Å²) in [6, 6.07) is 9.21. The zero-order valence-electron chi connectivity index (χ0n) is 9.62. The molecular formula is C13H10N2O3. The Morgan fingerprint density at radius 1 is 1.33 bits per heavy atom. The van der Waals surface area contributed by atoms with E-state index in [9.17, 15) is 4.79 Å². The van der Waals surface area contributed by atoms with Gasteiger partial charge in [-0.15, -0.1) is 0 Å². The molecule has 0 saturated carbocycles. The average molecular weight is 242 g/mol. The minimum Gasteiger partial charge on any atom is -0.476 e. The van der Waals surface area contributed by atoms with Crippen LogP contribution in [0, 0.1) is 0 Å². The van der Waals surface area contributed by atoms with Crippen LogP contribution in [0.3, 0.4) is 0 Å². The van der Waals surface area contributed by atoms with Gasteiger partial charge >= 0.3 is 5.97 Å². The highest BCUT2D eigenvalue weighted by Crippen LogP contribution is 2.25. The number of aromatic carboxylic acids is 1. The van der Waals surface area contributed by atoms with E-state index in [2.05, 4.69) is 5.16 Å². The number of aryl methyl sites for hydroxylation is 1. The zero-order chi connectivity index (χ0) is 12.7. The molecule has 0 atom stereocenters. The van der Waals surface area contributed by atoms with E-state index in [0.29, 0.717) is 5.76 Å². The van der Waals surface area contributed by atoms with Crippen molar-refractivity contribution in [2.45, 2.75) is 0 Å². The van der Waals surface area contributed by atoms with Gasteiger partial charge in [-0.25, -0.2) is 4.79 Å². The molecule has 1 aromatic carbocycles. The normalized spacial score (nSPS) is 10.9. The van der Waals surface area contributed by atoms with Gasteiger partial charge in [0.15, 0.2) is 11.5 Å². The number of rotatable bonds is 2. The Kier molecular flexibility index (Phi) is 2.19. The van der Waals surface area contributed by atoms with E-state index in [1.165, 1.54) is 6.07 Å². The molecule has 3 rings (SSSR count). The molecule has 5 nitrogen and oxygen atoms in total. The first-order valence-corrected chi connectivity index (χ1v) is 5.40. The first-order valence-electron chi connectivity index (χ1n) is 5.40. The van der Waals surface area contributed by atoms with Gasteiger partial charge in [0.25, 0.3) is 0 Å². The van der Waals surface area contributed by atoms with Crippen LogP contribution in [0.25, 0.3) is 22.2 Å². The van der Waals surface area contributed by atoms with Crippen LogP contribution in [-0.2, 0) is 7.05 Å². The highest BCUT2D eigenvalue weighted by molar-refractivity contribution is 5.88. The predicted molar refractivity (Wildman–Crippen MR) is 65.4 cm³/mol. The zero-order valence-corrected chi connectivity index (χ0v) is 9.62. The minimum atomic E-state index is -1.09. The summed E-state index contributed by atoms with van der Waals surface area (Å²) in [7, 11) is 1.97. The smallest absolute Gasteiger partial charge is 0.358 e. The maximum atomic E-state index is 10.7. The van der Waals surface area contributed by atoms with E-state index in [1.54, 1.807) is 0 Å². The summed E-state index contributed by atoms with van der Waals surface area (Å²) in [6.07, 6.45) is 1.97. The molecule has 0 saturated heterocycles. The molecule has 0 aliphatic heterocycles. The van der Waals surface area contributed by atoms with E-state index in [4.69, 9.17) is 9.63 Å². The fourth-order valence-corrected chi connectivity index (χ4v) is 1.95. The standard InChI is InChI=1S/C13H10N2O3/c1-15-5-4-8-6-9(2-3-11(8)15)12-7-10(13(16)17)14-18-12/h2-7H,1H3,(H,16,17). The lowest BCUT2D eigenvalue weighted by Gasteiger charge is -1.98. The topological polar surface area (TPSA) is 68.3 Å². The van der Waals surface area contributed by atoms with Crippen LogP contribution in [0.2, 0.25) is 0 Å². The Hall–Kier alpha value is -2.56. The molecule has 0 amide bonds. The van der Waals surface area contributed by atoms with Gasteiger partial charge < -0.3 is 14.2 Å². The number of benzene rings is 1. The SMILES string of the molecule is Cn1ccc2cc(-c3cc(C(=O)O)no3)ccc21. The Bertz CT molecular complexity index is 740. The number of carbonyl (C=O) groups is 1. The summed E-state index contributed by atoms with van der Waals surface area (Å²) in [5, 5.41) is 13.4. The van der Waals surface area contributed by atoms with Crippen molar-refractivity contribution < 1.29 is 14.4 Å². The molecule has 0 aliphatic carbocycles. The number of carboxylic acid groups (broad SMARTS) is 1. The summed E-state index contributed by atoms with van der Waals surface area (Å²) >= 11 is 0. The van der Waals surface area contributed by atoms with Crippen molar-refractivity contribution >= 4 is 16.9 Å². The average Bonchev–Trinajstić information content (AvgIpc) is 2.96. The number of nitrogens with zero attached hydrogens (tertiary/aromatic N) is 2. The predicted octanol–water partition coefficient (Wildman–Crippen LogP) is 2.53. The summed E-state index contributed by atoms with van der Waals surface area (Å²) in [5.74, 6) is -0.635. The molecule has 2 heterocycles. The summed E-state index contributed by atoms with van der Waals surface area (Å²) in [5.41, 5.74) is 1.84. The monoisotopic (exact) mass is 242 g/mol. The molecule has 3 aromatic rings. The van der Waals surface area contributed by atoms with Gasteiger partial charge in [0.05, 0.1) is 0 Å². The summed E-state index contributed by atoms with van der Waals surface area (Å²) in [6.45, 7) is 0. The number of hydrogen-bond donors (Lipinski definition) is 1. The van der Waals surface area contributed by atoms with Crippen molar-refractivity contribution in [1.29, 1.82) is 0 Å². The van der Waals surface area contributed by atoms with Crippen LogP contribution < -0.4 is 0 Å². The molecule has 0 bridgehead atoms. The molecule has 0 aliphatic rings. The highest BCUT2D eigenvalue weighted by atomic mass is 16.5. The Morgan fingerprint density at radius 3 is 2.89 bits per heavy atom. The minimum absolute atomic E-state index is 0.0850. The lowest BCUT2D eigenvalue weighted by molar-refractivity contribution is 0.0686. The molecule has 18 heavy (non-hydrogen) atoms. The van der Waals surface area contributed by atoms with Gasteiger partial charge in [0.2, 0.25) is 0 Å². The Labute approximate surface area is 102 Å². The summed E-state index contributed by atoms with van der Waals surface area (Å²) in [4.78, 5) is 10.7. The highest BCUT2D eigenvalue weighted by Gasteiger charge is 2.12. The van der Waals surface area contributed by atoms with E-state index in [1.807, 2.05) is 42.1 Å². The van der Waals surface area contributed by atoms with E-state index >= 15 is 0 Å². The van der Waals surface area contributed by atoms with Gasteiger partial charge in [-0.2, -0.15) is 0 Å². The lowest BCUT2D eigenvalue weighted by Crippen LogP contribution is -1.94. The molecule has 2 aromatic heterocycles. The number of hydrogen-bond acceptors (Lipinski definition) is 3. The molecule has 1 N–H and O–H groups in total. The van der Waals surface area contributed by atoms with Crippen molar-refractivity contribution in [3.8, 4) is 11.3 Å². The maximum absolute atomic E-state index is 10.7. The fourth-order valence-electron chi connectivity index (χ4n) is 1.95. The third-order valence-electron chi connectivity index (χ3n) is 2.90. The first kappa shape index (κ1) is 10.6. The van der Waals surface area contributed by atoms with Gasteiger partial charge in [-0.3, -0.25) is 0 Å². The van der Waals surface area contributed by atoms with Gasteiger partial charge in [-0.05, 0) is 24.3 Å². The van der Waals surface area contributed by atoms with Gasteiger partial charge in [0, 0.05) is 35.8 Å². The Balaban J connectivity index is 2.10.